The van der Waals surface area contributed by atoms with Crippen LogP contribution in [0, 0.1) is 0 Å². The fourth-order valence-electron chi connectivity index (χ4n) is 3.23. The van der Waals surface area contributed by atoms with Gasteiger partial charge in [-0.25, -0.2) is 0 Å². The molecule has 0 fully saturated rings. The summed E-state index contributed by atoms with van der Waals surface area (Å²) in [5, 5.41) is 1.78. The molecule has 6 nitrogen and oxygen atoms in total. The molecule has 28 heavy (non-hydrogen) atoms. The van der Waals surface area contributed by atoms with Gasteiger partial charge in [-0.15, -0.1) is 0 Å². The quantitative estimate of drug-likeness (QED) is 0.472. The van der Waals surface area contributed by atoms with Gasteiger partial charge >= 0.3 is 5.97 Å². The highest BCUT2D eigenvalue weighted by Crippen LogP contribution is 2.37. The van der Waals surface area contributed by atoms with Crippen molar-refractivity contribution >= 4 is 27.8 Å². The number of hydrogen-bond acceptors (Lipinski definition) is 6. The van der Waals surface area contributed by atoms with Crippen LogP contribution in [-0.4, -0.2) is 25.2 Å². The van der Waals surface area contributed by atoms with Crippen molar-refractivity contribution in [2.45, 2.75) is 13.0 Å². The maximum absolute atomic E-state index is 11.8. The largest absolute Gasteiger partial charge is 0.493 e. The first-order valence-corrected chi connectivity index (χ1v) is 8.76. The van der Waals surface area contributed by atoms with Crippen LogP contribution in [0.3, 0.4) is 0 Å². The number of hydrogen-bond donors (Lipinski definition) is 0. The maximum Gasteiger partial charge on any atom is 0.303 e. The van der Waals surface area contributed by atoms with E-state index in [2.05, 4.69) is 4.98 Å². The van der Waals surface area contributed by atoms with E-state index in [-0.39, 0.29) is 0 Å². The Kier molecular flexibility index (Phi) is 4.61. The number of pyridine rings is 1. The number of nitrogens with zero attached hydrogens (tertiary/aromatic N) is 1. The molecule has 2 aromatic carbocycles. The molecule has 0 spiro atoms. The third kappa shape index (κ3) is 3.24. The molecule has 0 aliphatic carbocycles. The Balaban J connectivity index is 1.83. The number of rotatable bonds is 5. The SMILES string of the molecule is COc1cc2cc(C(OC(C)=O)c3ccc4ncccc4c3)oc2cc1OC. The van der Waals surface area contributed by atoms with E-state index in [1.54, 1.807) is 26.5 Å². The van der Waals surface area contributed by atoms with Crippen LogP contribution in [0.2, 0.25) is 0 Å². The molecular formula is C22H19NO5. The minimum absolute atomic E-state index is 0.396. The fourth-order valence-corrected chi connectivity index (χ4v) is 3.23. The number of carbonyl (C=O) groups excluding carboxylic acids is 1. The van der Waals surface area contributed by atoms with Gasteiger partial charge in [-0.3, -0.25) is 9.78 Å². The number of esters is 1. The van der Waals surface area contributed by atoms with Crippen LogP contribution in [0.1, 0.15) is 24.4 Å². The highest BCUT2D eigenvalue weighted by atomic mass is 16.6. The van der Waals surface area contributed by atoms with Gasteiger partial charge in [-0.1, -0.05) is 12.1 Å². The van der Waals surface area contributed by atoms with Gasteiger partial charge in [-0.05, 0) is 30.3 Å². The van der Waals surface area contributed by atoms with Crippen LogP contribution < -0.4 is 9.47 Å². The summed E-state index contributed by atoms with van der Waals surface area (Å²) < 4.78 is 22.3. The Bertz CT molecular complexity index is 1120. The molecule has 0 aliphatic rings. The maximum atomic E-state index is 11.8. The summed E-state index contributed by atoms with van der Waals surface area (Å²) in [4.78, 5) is 16.1. The lowest BCUT2D eigenvalue weighted by molar-refractivity contribution is -0.145. The molecule has 2 aromatic heterocycles. The zero-order valence-electron chi connectivity index (χ0n) is 15.8. The molecule has 0 radical (unpaired) electrons. The van der Waals surface area contributed by atoms with Gasteiger partial charge in [0.05, 0.1) is 19.7 Å². The lowest BCUT2D eigenvalue weighted by atomic mass is 10.0. The van der Waals surface area contributed by atoms with Crippen molar-refractivity contribution in [3.63, 3.8) is 0 Å². The van der Waals surface area contributed by atoms with Crippen LogP contribution in [0.15, 0.2) is 59.1 Å². The normalized spacial score (nSPS) is 12.1. The van der Waals surface area contributed by atoms with Crippen molar-refractivity contribution in [2.24, 2.45) is 0 Å². The Morgan fingerprint density at radius 3 is 2.54 bits per heavy atom. The third-order valence-corrected chi connectivity index (χ3v) is 4.51. The average Bonchev–Trinajstić information content (AvgIpc) is 3.13. The van der Waals surface area contributed by atoms with Gasteiger partial charge < -0.3 is 18.6 Å². The van der Waals surface area contributed by atoms with Crippen LogP contribution in [0.5, 0.6) is 11.5 Å². The Morgan fingerprint density at radius 2 is 1.79 bits per heavy atom. The summed E-state index contributed by atoms with van der Waals surface area (Å²) in [7, 11) is 3.15. The summed E-state index contributed by atoms with van der Waals surface area (Å²) in [6.45, 7) is 1.38. The van der Waals surface area contributed by atoms with E-state index in [0.29, 0.717) is 22.8 Å². The number of aromatic nitrogens is 1. The molecule has 142 valence electrons. The highest BCUT2D eigenvalue weighted by molar-refractivity contribution is 5.83. The standard InChI is InChI=1S/C22H19NO5/c1-13(24)27-22(15-6-7-17-14(9-15)5-4-8-23-17)21-11-16-10-19(25-2)20(26-3)12-18(16)28-21/h4-12,22H,1-3H3. The second-order valence-electron chi connectivity index (χ2n) is 6.34. The van der Waals surface area contributed by atoms with E-state index in [1.165, 1.54) is 6.92 Å². The predicted octanol–water partition coefficient (Wildman–Crippen LogP) is 4.65. The zero-order valence-corrected chi connectivity index (χ0v) is 15.8. The summed E-state index contributed by atoms with van der Waals surface area (Å²) in [6, 6.07) is 15.0. The van der Waals surface area contributed by atoms with Crippen molar-refractivity contribution in [3.05, 3.63) is 66.1 Å². The lowest BCUT2D eigenvalue weighted by Gasteiger charge is -2.15. The van der Waals surface area contributed by atoms with Gasteiger partial charge in [0.25, 0.3) is 0 Å². The van der Waals surface area contributed by atoms with Crippen LogP contribution in [0.25, 0.3) is 21.9 Å². The predicted molar refractivity (Wildman–Crippen MR) is 105 cm³/mol. The van der Waals surface area contributed by atoms with E-state index in [4.69, 9.17) is 18.6 Å². The van der Waals surface area contributed by atoms with E-state index in [9.17, 15) is 4.79 Å². The molecule has 4 aromatic rings. The Morgan fingerprint density at radius 1 is 1.00 bits per heavy atom. The number of fused-ring (bicyclic) bond motifs is 2. The van der Waals surface area contributed by atoms with Crippen molar-refractivity contribution in [1.82, 2.24) is 4.98 Å². The number of furan rings is 1. The van der Waals surface area contributed by atoms with E-state index >= 15 is 0 Å². The van der Waals surface area contributed by atoms with E-state index in [1.807, 2.05) is 42.5 Å². The smallest absolute Gasteiger partial charge is 0.303 e. The summed E-state index contributed by atoms with van der Waals surface area (Å²) in [5.41, 5.74) is 2.29. The van der Waals surface area contributed by atoms with E-state index in [0.717, 1.165) is 21.9 Å². The summed E-state index contributed by atoms with van der Waals surface area (Å²) >= 11 is 0. The molecule has 0 saturated heterocycles. The molecule has 2 heterocycles. The minimum Gasteiger partial charge on any atom is -0.493 e. The van der Waals surface area contributed by atoms with E-state index < -0.39 is 12.1 Å². The first-order valence-electron chi connectivity index (χ1n) is 8.76. The molecule has 0 N–H and O–H groups in total. The molecule has 1 unspecified atom stereocenters. The van der Waals surface area contributed by atoms with Crippen molar-refractivity contribution in [3.8, 4) is 11.5 Å². The Labute approximate surface area is 161 Å². The molecule has 0 bridgehead atoms. The molecule has 1 atom stereocenters. The fraction of sp³-hybridized carbons (Fsp3) is 0.182. The molecule has 0 amide bonds. The first kappa shape index (κ1) is 17.9. The number of benzene rings is 2. The van der Waals surface area contributed by atoms with Crippen molar-refractivity contribution < 1.29 is 23.4 Å². The van der Waals surface area contributed by atoms with Crippen molar-refractivity contribution in [2.75, 3.05) is 14.2 Å². The molecule has 0 aliphatic heterocycles. The third-order valence-electron chi connectivity index (χ3n) is 4.51. The second-order valence-corrected chi connectivity index (χ2v) is 6.34. The number of ether oxygens (including phenoxy) is 3. The molecule has 6 heteroatoms. The average molecular weight is 377 g/mol. The van der Waals surface area contributed by atoms with Crippen LogP contribution in [0.4, 0.5) is 0 Å². The Hall–Kier alpha value is -3.54. The summed E-state index contributed by atoms with van der Waals surface area (Å²) in [5.74, 6) is 1.29. The highest BCUT2D eigenvalue weighted by Gasteiger charge is 2.23. The molecular weight excluding hydrogens is 358 g/mol. The van der Waals surface area contributed by atoms with Gasteiger partial charge in [0.2, 0.25) is 0 Å². The number of methoxy groups -OCH3 is 2. The lowest BCUT2D eigenvalue weighted by Crippen LogP contribution is -2.09. The molecule has 0 saturated carbocycles. The van der Waals surface area contributed by atoms with Gasteiger partial charge in [0.15, 0.2) is 23.4 Å². The second kappa shape index (κ2) is 7.23. The zero-order chi connectivity index (χ0) is 19.7. The number of carbonyl (C=O) groups is 1. The van der Waals surface area contributed by atoms with Gasteiger partial charge in [0.1, 0.15) is 5.58 Å². The summed E-state index contributed by atoms with van der Waals surface area (Å²) in [6.07, 6.45) is 1.07. The van der Waals surface area contributed by atoms with Gasteiger partial charge in [-0.2, -0.15) is 0 Å². The van der Waals surface area contributed by atoms with Gasteiger partial charge in [0, 0.05) is 35.5 Å². The minimum atomic E-state index is -0.675. The molecule has 4 rings (SSSR count). The topological polar surface area (TPSA) is 70.8 Å². The van der Waals surface area contributed by atoms with Crippen LogP contribution in [-0.2, 0) is 9.53 Å². The monoisotopic (exact) mass is 377 g/mol. The first-order chi connectivity index (χ1) is 13.6. The van der Waals surface area contributed by atoms with Crippen molar-refractivity contribution in [1.29, 1.82) is 0 Å². The van der Waals surface area contributed by atoms with Crippen LogP contribution >= 0.6 is 0 Å².